The van der Waals surface area contributed by atoms with Crippen LogP contribution in [0.15, 0.2) is 11.6 Å². The zero-order chi connectivity index (χ0) is 7.40. The van der Waals surface area contributed by atoms with E-state index < -0.39 is 0 Å². The molecule has 0 spiro atoms. The summed E-state index contributed by atoms with van der Waals surface area (Å²) in [5.74, 6) is 0.730. The van der Waals surface area contributed by atoms with Gasteiger partial charge in [0.1, 0.15) is 0 Å². The van der Waals surface area contributed by atoms with Gasteiger partial charge in [-0.15, -0.1) is 19.2 Å². The molecule has 11 heavy (non-hydrogen) atoms. The van der Waals surface area contributed by atoms with Crippen molar-refractivity contribution in [3.05, 3.63) is 17.0 Å². The Labute approximate surface area is 83.3 Å². The fraction of sp³-hybridized carbons (Fsp3) is 0.778. The molecule has 1 aliphatic rings. The number of hydrogen-bond donors (Lipinski definition) is 0. The summed E-state index contributed by atoms with van der Waals surface area (Å²) in [4.78, 5) is 0. The molecule has 0 atom stereocenters. The van der Waals surface area contributed by atoms with Crippen molar-refractivity contribution in [1.82, 2.24) is 0 Å². The summed E-state index contributed by atoms with van der Waals surface area (Å²) in [6, 6.07) is 0. The van der Waals surface area contributed by atoms with Gasteiger partial charge in [-0.1, -0.05) is 25.8 Å². The number of rotatable bonds is 1. The largest absolute Gasteiger partial charge is 0.659 e. The molecule has 1 rings (SSSR count). The van der Waals surface area contributed by atoms with Crippen molar-refractivity contribution in [3.63, 3.8) is 0 Å². The predicted octanol–water partition coefficient (Wildman–Crippen LogP) is 2.73. The first-order chi connectivity index (χ1) is 4.80. The molecule has 1 radical (unpaired) electrons. The second kappa shape index (κ2) is 5.94. The third-order valence-electron chi connectivity index (χ3n) is 2.01. The molecular weight excluding hydrogens is 308 g/mol. The monoisotopic (exact) mass is 325 g/mol. The average Bonchev–Trinajstić information content (AvgIpc) is 2.12. The van der Waals surface area contributed by atoms with E-state index in [1.54, 1.807) is 5.57 Å². The molecule has 2 heteroatoms. The minimum atomic E-state index is 0. The van der Waals surface area contributed by atoms with Crippen LogP contribution in [0.1, 0.15) is 26.7 Å². The van der Waals surface area contributed by atoms with Crippen molar-refractivity contribution in [3.8, 4) is 0 Å². The van der Waals surface area contributed by atoms with Gasteiger partial charge in [-0.3, -0.25) is 0 Å². The van der Waals surface area contributed by atoms with Crippen LogP contribution in [-0.4, -0.2) is 13.1 Å². The van der Waals surface area contributed by atoms with Crippen LogP contribution in [0.3, 0.4) is 0 Å². The van der Waals surface area contributed by atoms with Crippen molar-refractivity contribution in [1.29, 1.82) is 0 Å². The summed E-state index contributed by atoms with van der Waals surface area (Å²) in [7, 11) is 0. The smallest absolute Gasteiger partial charge is 0 e. The summed E-state index contributed by atoms with van der Waals surface area (Å²) >= 11 is 0. The molecule has 0 saturated heterocycles. The van der Waals surface area contributed by atoms with Crippen molar-refractivity contribution >= 4 is 0 Å². The molecular formula is C9H16NRe-. The van der Waals surface area contributed by atoms with Crippen LogP contribution in [0.2, 0.25) is 0 Å². The quantitative estimate of drug-likeness (QED) is 0.659. The fourth-order valence-corrected chi connectivity index (χ4v) is 1.29. The molecule has 0 aliphatic carbocycles. The molecule has 0 aromatic heterocycles. The van der Waals surface area contributed by atoms with E-state index in [2.05, 4.69) is 25.2 Å². The summed E-state index contributed by atoms with van der Waals surface area (Å²) in [6.07, 6.45) is 4.81. The van der Waals surface area contributed by atoms with E-state index in [1.165, 1.54) is 12.8 Å². The molecule has 0 fully saturated rings. The van der Waals surface area contributed by atoms with Gasteiger partial charge in [0.2, 0.25) is 0 Å². The van der Waals surface area contributed by atoms with E-state index in [0.29, 0.717) is 0 Å². The maximum Gasteiger partial charge on any atom is 0 e. The Kier molecular flexibility index (Phi) is 6.14. The van der Waals surface area contributed by atoms with Gasteiger partial charge in [-0.2, -0.15) is 0 Å². The Bertz CT molecular complexity index is 130. The predicted molar refractivity (Wildman–Crippen MR) is 45.2 cm³/mol. The van der Waals surface area contributed by atoms with Gasteiger partial charge in [0.25, 0.3) is 0 Å². The first-order valence-corrected chi connectivity index (χ1v) is 4.13. The van der Waals surface area contributed by atoms with Crippen LogP contribution >= 0.6 is 0 Å². The maximum absolute atomic E-state index is 4.33. The van der Waals surface area contributed by atoms with Crippen LogP contribution < -0.4 is 0 Å². The van der Waals surface area contributed by atoms with Crippen LogP contribution in [0, 0.1) is 5.92 Å². The van der Waals surface area contributed by atoms with Gasteiger partial charge in [0.05, 0.1) is 0 Å². The molecule has 1 nitrogen and oxygen atoms in total. The molecule has 0 N–H and O–H groups in total. The van der Waals surface area contributed by atoms with E-state index in [0.717, 1.165) is 19.0 Å². The summed E-state index contributed by atoms with van der Waals surface area (Å²) in [6.45, 7) is 6.54. The van der Waals surface area contributed by atoms with Crippen molar-refractivity contribution in [2.45, 2.75) is 26.7 Å². The minimum absolute atomic E-state index is 0. The molecule has 1 heterocycles. The molecule has 0 unspecified atom stereocenters. The molecule has 0 amide bonds. The Hall–Kier alpha value is 0.362. The summed E-state index contributed by atoms with van der Waals surface area (Å²) < 4.78 is 0. The molecule has 1 aliphatic heterocycles. The van der Waals surface area contributed by atoms with Gasteiger partial charge in [-0.25, -0.2) is 0 Å². The van der Waals surface area contributed by atoms with E-state index in [1.807, 2.05) is 0 Å². The Morgan fingerprint density at radius 1 is 1.45 bits per heavy atom. The second-order valence-corrected chi connectivity index (χ2v) is 3.17. The topological polar surface area (TPSA) is 14.1 Å². The van der Waals surface area contributed by atoms with Gasteiger partial charge >= 0.3 is 0 Å². The zero-order valence-corrected chi connectivity index (χ0v) is 10.0. The number of hydrogen-bond acceptors (Lipinski definition) is 0. The third-order valence-corrected chi connectivity index (χ3v) is 2.01. The van der Waals surface area contributed by atoms with Crippen molar-refractivity contribution in [2.75, 3.05) is 13.1 Å². The summed E-state index contributed by atoms with van der Waals surface area (Å²) in [5, 5.41) is 4.33. The number of nitrogens with zero attached hydrogens (tertiary/aromatic N) is 1. The second-order valence-electron chi connectivity index (χ2n) is 3.17. The van der Waals surface area contributed by atoms with Gasteiger partial charge in [-0.05, 0) is 12.3 Å². The Morgan fingerprint density at radius 3 is 2.82 bits per heavy atom. The normalized spacial score (nSPS) is 18.6. The fourth-order valence-electron chi connectivity index (χ4n) is 1.29. The van der Waals surface area contributed by atoms with Crippen molar-refractivity contribution < 1.29 is 20.4 Å². The SMILES string of the molecule is CC(C)C1=CC[N-]CCC1.[Re]. The molecule has 0 aromatic carbocycles. The molecule has 0 aromatic rings. The standard InChI is InChI=1S/C9H16N.Re/c1-8(2)9-4-3-6-10-7-5-9;/h5,8H,3-4,6-7H2,1-2H3;/q-1;. The zero-order valence-electron chi connectivity index (χ0n) is 7.31. The summed E-state index contributed by atoms with van der Waals surface area (Å²) in [5.41, 5.74) is 1.60. The van der Waals surface area contributed by atoms with E-state index >= 15 is 0 Å². The van der Waals surface area contributed by atoms with Crippen LogP contribution in [0.4, 0.5) is 0 Å². The van der Waals surface area contributed by atoms with Gasteiger partial charge in [0, 0.05) is 20.4 Å². The maximum atomic E-state index is 4.33. The van der Waals surface area contributed by atoms with Crippen molar-refractivity contribution in [2.24, 2.45) is 5.92 Å². The average molecular weight is 324 g/mol. The molecule has 0 bridgehead atoms. The van der Waals surface area contributed by atoms with Gasteiger partial charge in [0.15, 0.2) is 0 Å². The molecule has 65 valence electrons. The van der Waals surface area contributed by atoms with Gasteiger partial charge < -0.3 is 5.32 Å². The first kappa shape index (κ1) is 11.4. The first-order valence-electron chi connectivity index (χ1n) is 4.13. The Morgan fingerprint density at radius 2 is 2.18 bits per heavy atom. The van der Waals surface area contributed by atoms with Crippen LogP contribution in [0.5, 0.6) is 0 Å². The van der Waals surface area contributed by atoms with Crippen LogP contribution in [0.25, 0.3) is 5.32 Å². The number of allylic oxidation sites excluding steroid dienone is 1. The van der Waals surface area contributed by atoms with Crippen LogP contribution in [-0.2, 0) is 20.4 Å². The minimum Gasteiger partial charge on any atom is -0.659 e. The molecule has 0 saturated carbocycles. The van der Waals surface area contributed by atoms with E-state index in [-0.39, 0.29) is 20.4 Å². The van der Waals surface area contributed by atoms with E-state index in [4.69, 9.17) is 0 Å². The Balaban J connectivity index is 0.000001000. The third kappa shape index (κ3) is 4.06. The van der Waals surface area contributed by atoms with E-state index in [9.17, 15) is 0 Å².